The smallest absolute Gasteiger partial charge is 0.243 e. The molecule has 0 saturated carbocycles. The van der Waals surface area contributed by atoms with Crippen molar-refractivity contribution in [3.8, 4) is 0 Å². The van der Waals surface area contributed by atoms with Crippen molar-refractivity contribution in [1.82, 2.24) is 14.3 Å². The van der Waals surface area contributed by atoms with Gasteiger partial charge in [0.15, 0.2) is 0 Å². The van der Waals surface area contributed by atoms with Crippen molar-refractivity contribution in [3.05, 3.63) is 47.2 Å². The molecular formula is C15H17ClN4O2S. The number of halogens is 1. The Balaban J connectivity index is 1.76. The summed E-state index contributed by atoms with van der Waals surface area (Å²) >= 11 is 5.91. The molecule has 8 heteroatoms. The molecule has 0 amide bonds. The molecule has 0 spiro atoms. The molecule has 0 bridgehead atoms. The fraction of sp³-hybridized carbons (Fsp3) is 0.333. The number of aryl methyl sites for hydroxylation is 1. The number of hydrogen-bond acceptors (Lipinski definition) is 5. The summed E-state index contributed by atoms with van der Waals surface area (Å²) in [4.78, 5) is 10.7. The highest BCUT2D eigenvalue weighted by Crippen LogP contribution is 2.24. The predicted octanol–water partition coefficient (Wildman–Crippen LogP) is 1.95. The molecule has 122 valence electrons. The Morgan fingerprint density at radius 2 is 1.74 bits per heavy atom. The monoisotopic (exact) mass is 352 g/mol. The zero-order chi connectivity index (χ0) is 16.4. The molecule has 6 nitrogen and oxygen atoms in total. The molecule has 23 heavy (non-hydrogen) atoms. The van der Waals surface area contributed by atoms with Crippen molar-refractivity contribution in [2.75, 3.05) is 31.1 Å². The van der Waals surface area contributed by atoms with Crippen LogP contribution in [0.5, 0.6) is 0 Å². The van der Waals surface area contributed by atoms with Crippen molar-refractivity contribution < 1.29 is 8.42 Å². The third-order valence-corrected chi connectivity index (χ3v) is 6.12. The average Bonchev–Trinajstić information content (AvgIpc) is 2.55. The third-order valence-electron chi connectivity index (χ3n) is 3.83. The van der Waals surface area contributed by atoms with Crippen LogP contribution in [0.3, 0.4) is 0 Å². The molecule has 0 aliphatic carbocycles. The summed E-state index contributed by atoms with van der Waals surface area (Å²) in [5, 5.41) is 0.535. The lowest BCUT2D eigenvalue weighted by Crippen LogP contribution is -2.49. The molecule has 1 aliphatic heterocycles. The van der Waals surface area contributed by atoms with Crippen molar-refractivity contribution in [3.63, 3.8) is 0 Å². The Morgan fingerprint density at radius 1 is 1.09 bits per heavy atom. The van der Waals surface area contributed by atoms with E-state index >= 15 is 0 Å². The summed E-state index contributed by atoms with van der Waals surface area (Å²) < 4.78 is 27.1. The average molecular weight is 353 g/mol. The molecule has 1 fully saturated rings. The number of hydrogen-bond donors (Lipinski definition) is 0. The topological polar surface area (TPSA) is 66.4 Å². The molecule has 2 aromatic rings. The SMILES string of the molecule is Cc1cc(Cl)ccc1S(=O)(=O)N1CCN(c2ncccn2)CC1. The quantitative estimate of drug-likeness (QED) is 0.844. The highest BCUT2D eigenvalue weighted by atomic mass is 35.5. The summed E-state index contributed by atoms with van der Waals surface area (Å²) in [6.07, 6.45) is 3.37. The summed E-state index contributed by atoms with van der Waals surface area (Å²) in [7, 11) is -3.51. The molecule has 1 aliphatic rings. The van der Waals surface area contributed by atoms with Gasteiger partial charge in [-0.2, -0.15) is 4.31 Å². The van der Waals surface area contributed by atoms with Crippen LogP contribution in [0.25, 0.3) is 0 Å². The third kappa shape index (κ3) is 3.31. The fourth-order valence-corrected chi connectivity index (χ4v) is 4.48. The van der Waals surface area contributed by atoms with E-state index in [0.717, 1.165) is 0 Å². The number of rotatable bonds is 3. The van der Waals surface area contributed by atoms with Crippen LogP contribution in [0.15, 0.2) is 41.6 Å². The number of sulfonamides is 1. The highest BCUT2D eigenvalue weighted by molar-refractivity contribution is 7.89. The Labute approximate surface area is 140 Å². The van der Waals surface area contributed by atoms with E-state index in [1.165, 1.54) is 4.31 Å². The first-order valence-electron chi connectivity index (χ1n) is 7.27. The maximum absolute atomic E-state index is 12.8. The van der Waals surface area contributed by atoms with E-state index < -0.39 is 10.0 Å². The molecule has 3 rings (SSSR count). The Kier molecular flexibility index (Phi) is 4.52. The van der Waals surface area contributed by atoms with Crippen LogP contribution in [-0.4, -0.2) is 48.9 Å². The van der Waals surface area contributed by atoms with E-state index in [2.05, 4.69) is 9.97 Å². The Morgan fingerprint density at radius 3 is 2.35 bits per heavy atom. The van der Waals surface area contributed by atoms with Gasteiger partial charge in [0.05, 0.1) is 4.90 Å². The van der Waals surface area contributed by atoms with Gasteiger partial charge in [-0.3, -0.25) is 0 Å². The molecule has 0 radical (unpaired) electrons. The first-order chi connectivity index (χ1) is 11.0. The minimum Gasteiger partial charge on any atom is -0.338 e. The number of nitrogens with zero attached hydrogens (tertiary/aromatic N) is 4. The summed E-state index contributed by atoms with van der Waals surface area (Å²) in [5.74, 6) is 0.632. The highest BCUT2D eigenvalue weighted by Gasteiger charge is 2.30. The predicted molar refractivity (Wildman–Crippen MR) is 89.2 cm³/mol. The Bertz CT molecular complexity index is 790. The van der Waals surface area contributed by atoms with Crippen molar-refractivity contribution in [2.45, 2.75) is 11.8 Å². The lowest BCUT2D eigenvalue weighted by Gasteiger charge is -2.34. The van der Waals surface area contributed by atoms with Crippen LogP contribution in [0, 0.1) is 6.92 Å². The standard InChI is InChI=1S/C15H17ClN4O2S/c1-12-11-13(16)3-4-14(12)23(21,22)20-9-7-19(8-10-20)15-17-5-2-6-18-15/h2-6,11H,7-10H2,1H3. The first kappa shape index (κ1) is 16.2. The second kappa shape index (κ2) is 6.43. The lowest BCUT2D eigenvalue weighted by molar-refractivity contribution is 0.382. The summed E-state index contributed by atoms with van der Waals surface area (Å²) in [6, 6.07) is 6.60. The van der Waals surface area contributed by atoms with Gasteiger partial charge in [-0.05, 0) is 36.8 Å². The number of piperazine rings is 1. The minimum absolute atomic E-state index is 0.311. The zero-order valence-electron chi connectivity index (χ0n) is 12.7. The van der Waals surface area contributed by atoms with Crippen molar-refractivity contribution in [1.29, 1.82) is 0 Å². The largest absolute Gasteiger partial charge is 0.338 e. The van der Waals surface area contributed by atoms with Gasteiger partial charge in [-0.1, -0.05) is 11.6 Å². The molecule has 1 saturated heterocycles. The van der Waals surface area contributed by atoms with Gasteiger partial charge in [-0.25, -0.2) is 18.4 Å². The second-order valence-electron chi connectivity index (χ2n) is 5.35. The van der Waals surface area contributed by atoms with Crippen LogP contribution >= 0.6 is 11.6 Å². The fourth-order valence-electron chi connectivity index (χ4n) is 2.62. The molecule has 0 atom stereocenters. The van der Waals surface area contributed by atoms with Crippen LogP contribution < -0.4 is 4.90 Å². The lowest BCUT2D eigenvalue weighted by atomic mass is 10.2. The first-order valence-corrected chi connectivity index (χ1v) is 9.08. The maximum Gasteiger partial charge on any atom is 0.243 e. The van der Waals surface area contributed by atoms with E-state index in [1.807, 2.05) is 4.90 Å². The Hall–Kier alpha value is -1.70. The van der Waals surface area contributed by atoms with Crippen LogP contribution in [-0.2, 0) is 10.0 Å². The van der Waals surface area contributed by atoms with Gasteiger partial charge in [0, 0.05) is 43.6 Å². The minimum atomic E-state index is -3.51. The normalized spacial score (nSPS) is 16.5. The van der Waals surface area contributed by atoms with Crippen molar-refractivity contribution in [2.24, 2.45) is 0 Å². The summed E-state index contributed by atoms with van der Waals surface area (Å²) in [5.41, 5.74) is 0.659. The number of anilines is 1. The van der Waals surface area contributed by atoms with E-state index in [1.54, 1.807) is 43.6 Å². The van der Waals surface area contributed by atoms with Gasteiger partial charge in [0.1, 0.15) is 0 Å². The van der Waals surface area contributed by atoms with Gasteiger partial charge in [-0.15, -0.1) is 0 Å². The number of aromatic nitrogens is 2. The van der Waals surface area contributed by atoms with Gasteiger partial charge < -0.3 is 4.90 Å². The van der Waals surface area contributed by atoms with Crippen LogP contribution in [0.2, 0.25) is 5.02 Å². The summed E-state index contributed by atoms with van der Waals surface area (Å²) in [6.45, 7) is 3.70. The van der Waals surface area contributed by atoms with Gasteiger partial charge in [0.2, 0.25) is 16.0 Å². The number of benzene rings is 1. The van der Waals surface area contributed by atoms with E-state index in [4.69, 9.17) is 11.6 Å². The molecular weight excluding hydrogens is 336 g/mol. The maximum atomic E-state index is 12.8. The van der Waals surface area contributed by atoms with Crippen molar-refractivity contribution >= 4 is 27.6 Å². The molecule has 0 N–H and O–H groups in total. The molecule has 1 aromatic carbocycles. The van der Waals surface area contributed by atoms with Gasteiger partial charge >= 0.3 is 0 Å². The van der Waals surface area contributed by atoms with E-state index in [0.29, 0.717) is 47.6 Å². The van der Waals surface area contributed by atoms with Crippen LogP contribution in [0.1, 0.15) is 5.56 Å². The molecule has 2 heterocycles. The molecule has 0 unspecified atom stereocenters. The van der Waals surface area contributed by atoms with Gasteiger partial charge in [0.25, 0.3) is 0 Å². The van der Waals surface area contributed by atoms with E-state index in [-0.39, 0.29) is 0 Å². The zero-order valence-corrected chi connectivity index (χ0v) is 14.3. The van der Waals surface area contributed by atoms with Crippen LogP contribution in [0.4, 0.5) is 5.95 Å². The van der Waals surface area contributed by atoms with E-state index in [9.17, 15) is 8.42 Å². The molecule has 1 aromatic heterocycles. The second-order valence-corrected chi connectivity index (χ2v) is 7.69.